The number of aromatic amines is 1. The molecular formula is C21H20N4O4. The number of piperidine rings is 1. The van der Waals surface area contributed by atoms with E-state index in [1.165, 1.54) is 4.68 Å². The average molecular weight is 392 g/mol. The van der Waals surface area contributed by atoms with Crippen molar-refractivity contribution in [2.45, 2.75) is 32.4 Å². The number of carbonyl (C=O) groups excluding carboxylic acids is 3. The highest BCUT2D eigenvalue weighted by molar-refractivity contribution is 6.00. The molecule has 8 nitrogen and oxygen atoms in total. The Morgan fingerprint density at radius 1 is 1.14 bits per heavy atom. The van der Waals surface area contributed by atoms with Gasteiger partial charge in [0.1, 0.15) is 6.04 Å². The lowest BCUT2D eigenvalue weighted by molar-refractivity contribution is -0.136. The zero-order valence-electron chi connectivity index (χ0n) is 15.8. The Hall–Kier alpha value is -3.68. The van der Waals surface area contributed by atoms with Crippen molar-refractivity contribution in [2.24, 2.45) is 0 Å². The molecule has 0 radical (unpaired) electrons. The first-order valence-corrected chi connectivity index (χ1v) is 9.34. The summed E-state index contributed by atoms with van der Waals surface area (Å²) >= 11 is 0. The topological polar surface area (TPSA) is 113 Å². The van der Waals surface area contributed by atoms with Gasteiger partial charge >= 0.3 is 0 Å². The molecule has 3 N–H and O–H groups in total. The summed E-state index contributed by atoms with van der Waals surface area (Å²) in [5.41, 5.74) is 2.64. The van der Waals surface area contributed by atoms with E-state index in [1.807, 2.05) is 31.2 Å². The molecule has 3 amide bonds. The molecule has 148 valence electrons. The number of imide groups is 1. The highest BCUT2D eigenvalue weighted by atomic mass is 16.2. The third kappa shape index (κ3) is 3.69. The standard InChI is InChI=1S/C21H20N4O4/c1-12-2-4-13(5-3-12)11-22-19(27)14-6-7-15-16(10-14)24-25(21(15)29)17-8-9-18(26)23-20(17)28/h2-7,10,17,24H,8-9,11H2,1H3,(H,22,27)(H,23,26,28). The zero-order valence-corrected chi connectivity index (χ0v) is 15.8. The van der Waals surface area contributed by atoms with Crippen molar-refractivity contribution in [3.63, 3.8) is 0 Å². The Morgan fingerprint density at radius 3 is 2.62 bits per heavy atom. The maximum absolute atomic E-state index is 12.6. The first-order valence-electron chi connectivity index (χ1n) is 9.34. The molecule has 2 heterocycles. The lowest BCUT2D eigenvalue weighted by atomic mass is 10.1. The molecule has 0 spiro atoms. The molecule has 1 atom stereocenters. The van der Waals surface area contributed by atoms with Gasteiger partial charge in [0.05, 0.1) is 10.9 Å². The van der Waals surface area contributed by atoms with Crippen molar-refractivity contribution in [1.29, 1.82) is 0 Å². The third-order valence-electron chi connectivity index (χ3n) is 5.07. The molecule has 1 aromatic heterocycles. The summed E-state index contributed by atoms with van der Waals surface area (Å²) in [6.45, 7) is 2.39. The van der Waals surface area contributed by atoms with E-state index in [9.17, 15) is 19.2 Å². The van der Waals surface area contributed by atoms with Crippen LogP contribution in [-0.4, -0.2) is 27.5 Å². The van der Waals surface area contributed by atoms with Gasteiger partial charge in [-0.25, -0.2) is 4.68 Å². The first kappa shape index (κ1) is 18.7. The SMILES string of the molecule is Cc1ccc(CNC(=O)c2ccc3c(=O)n(C4CCC(=O)NC4=O)[nH]c3c2)cc1. The van der Waals surface area contributed by atoms with E-state index in [4.69, 9.17) is 0 Å². The second kappa shape index (κ2) is 7.38. The van der Waals surface area contributed by atoms with E-state index in [2.05, 4.69) is 15.7 Å². The van der Waals surface area contributed by atoms with Gasteiger partial charge in [-0.15, -0.1) is 0 Å². The van der Waals surface area contributed by atoms with Crippen LogP contribution in [0.1, 0.15) is 40.4 Å². The second-order valence-electron chi connectivity index (χ2n) is 7.18. The third-order valence-corrected chi connectivity index (χ3v) is 5.07. The molecule has 1 aliphatic heterocycles. The maximum Gasteiger partial charge on any atom is 0.275 e. The number of nitrogens with zero attached hydrogens (tertiary/aromatic N) is 1. The van der Waals surface area contributed by atoms with Crippen molar-refractivity contribution in [3.8, 4) is 0 Å². The Morgan fingerprint density at radius 2 is 1.90 bits per heavy atom. The molecule has 29 heavy (non-hydrogen) atoms. The van der Waals surface area contributed by atoms with E-state index < -0.39 is 11.9 Å². The highest BCUT2D eigenvalue weighted by Gasteiger charge is 2.30. The van der Waals surface area contributed by atoms with Gasteiger partial charge in [-0.1, -0.05) is 29.8 Å². The molecule has 8 heteroatoms. The van der Waals surface area contributed by atoms with Crippen molar-refractivity contribution >= 4 is 28.6 Å². The summed E-state index contributed by atoms with van der Waals surface area (Å²) in [4.78, 5) is 48.5. The lowest BCUT2D eigenvalue weighted by Gasteiger charge is -2.20. The number of amides is 3. The van der Waals surface area contributed by atoms with Crippen LogP contribution in [0, 0.1) is 6.92 Å². The maximum atomic E-state index is 12.6. The number of fused-ring (bicyclic) bond motifs is 1. The number of aryl methyl sites for hydroxylation is 1. The molecule has 1 saturated heterocycles. The smallest absolute Gasteiger partial charge is 0.275 e. The first-order chi connectivity index (χ1) is 13.9. The normalized spacial score (nSPS) is 16.7. The predicted molar refractivity (Wildman–Crippen MR) is 106 cm³/mol. The number of H-pyrrole nitrogens is 1. The predicted octanol–water partition coefficient (Wildman–Crippen LogP) is 1.55. The van der Waals surface area contributed by atoms with Crippen LogP contribution < -0.4 is 16.2 Å². The monoisotopic (exact) mass is 392 g/mol. The minimum absolute atomic E-state index is 0.172. The number of hydrogen-bond acceptors (Lipinski definition) is 4. The van der Waals surface area contributed by atoms with Gasteiger partial charge in [0.25, 0.3) is 17.4 Å². The number of hydrogen-bond donors (Lipinski definition) is 3. The molecule has 0 saturated carbocycles. The summed E-state index contributed by atoms with van der Waals surface area (Å²) in [7, 11) is 0. The van der Waals surface area contributed by atoms with Crippen LogP contribution in [0.25, 0.3) is 10.9 Å². The Labute approximate surface area is 165 Å². The number of rotatable bonds is 4. The van der Waals surface area contributed by atoms with E-state index in [0.717, 1.165) is 11.1 Å². The Kier molecular flexibility index (Phi) is 4.75. The van der Waals surface area contributed by atoms with Gasteiger partial charge in [-0.2, -0.15) is 0 Å². The van der Waals surface area contributed by atoms with Crippen LogP contribution in [0.5, 0.6) is 0 Å². The number of carbonyl (C=O) groups is 3. The van der Waals surface area contributed by atoms with Gasteiger partial charge < -0.3 is 5.32 Å². The molecule has 3 aromatic rings. The van der Waals surface area contributed by atoms with Crippen LogP contribution in [0.3, 0.4) is 0 Å². The van der Waals surface area contributed by atoms with E-state index in [0.29, 0.717) is 23.0 Å². The van der Waals surface area contributed by atoms with Crippen molar-refractivity contribution in [2.75, 3.05) is 0 Å². The minimum Gasteiger partial charge on any atom is -0.348 e. The molecular weight excluding hydrogens is 372 g/mol. The summed E-state index contributed by atoms with van der Waals surface area (Å²) < 4.78 is 1.22. The fourth-order valence-corrected chi connectivity index (χ4v) is 3.41. The summed E-state index contributed by atoms with van der Waals surface area (Å²) in [5, 5.41) is 8.39. The fourth-order valence-electron chi connectivity index (χ4n) is 3.41. The van der Waals surface area contributed by atoms with E-state index >= 15 is 0 Å². The van der Waals surface area contributed by atoms with Gasteiger partial charge in [0.15, 0.2) is 0 Å². The van der Waals surface area contributed by atoms with Gasteiger partial charge in [-0.3, -0.25) is 29.6 Å². The molecule has 1 unspecified atom stereocenters. The summed E-state index contributed by atoms with van der Waals surface area (Å²) in [6, 6.07) is 11.8. The second-order valence-corrected chi connectivity index (χ2v) is 7.18. The van der Waals surface area contributed by atoms with Gasteiger partial charge in [0, 0.05) is 18.5 Å². The molecule has 1 aliphatic rings. The quantitative estimate of drug-likeness (QED) is 0.585. The molecule has 4 rings (SSSR count). The Balaban J connectivity index is 1.55. The number of nitrogens with one attached hydrogen (secondary N) is 3. The Bertz CT molecular complexity index is 1170. The van der Waals surface area contributed by atoms with Gasteiger partial charge in [-0.05, 0) is 37.1 Å². The summed E-state index contributed by atoms with van der Waals surface area (Å²) in [5.74, 6) is -1.11. The molecule has 0 bridgehead atoms. The van der Waals surface area contributed by atoms with Crippen molar-refractivity contribution in [1.82, 2.24) is 20.4 Å². The van der Waals surface area contributed by atoms with E-state index in [1.54, 1.807) is 18.2 Å². The van der Waals surface area contributed by atoms with Crippen LogP contribution in [0.2, 0.25) is 0 Å². The molecule has 1 fully saturated rings. The van der Waals surface area contributed by atoms with Crippen LogP contribution in [0.15, 0.2) is 47.3 Å². The van der Waals surface area contributed by atoms with Crippen LogP contribution in [0.4, 0.5) is 0 Å². The van der Waals surface area contributed by atoms with Crippen LogP contribution in [-0.2, 0) is 16.1 Å². The number of aromatic nitrogens is 2. The van der Waals surface area contributed by atoms with Crippen molar-refractivity contribution < 1.29 is 14.4 Å². The van der Waals surface area contributed by atoms with Crippen LogP contribution >= 0.6 is 0 Å². The number of benzene rings is 2. The average Bonchev–Trinajstić information content (AvgIpc) is 3.03. The highest BCUT2D eigenvalue weighted by Crippen LogP contribution is 2.19. The van der Waals surface area contributed by atoms with Crippen molar-refractivity contribution in [3.05, 3.63) is 69.5 Å². The summed E-state index contributed by atoms with van der Waals surface area (Å²) in [6.07, 6.45) is 0.423. The minimum atomic E-state index is -0.772. The largest absolute Gasteiger partial charge is 0.348 e. The van der Waals surface area contributed by atoms with Gasteiger partial charge in [0.2, 0.25) is 5.91 Å². The molecule has 2 aromatic carbocycles. The lowest BCUT2D eigenvalue weighted by Crippen LogP contribution is -2.44. The molecule has 0 aliphatic carbocycles. The zero-order chi connectivity index (χ0) is 20.5. The fraction of sp³-hybridized carbons (Fsp3) is 0.238. The van der Waals surface area contributed by atoms with E-state index in [-0.39, 0.29) is 30.2 Å².